The summed E-state index contributed by atoms with van der Waals surface area (Å²) in [7, 11) is 0. The molecule has 0 unspecified atom stereocenters. The molecule has 54 heavy (non-hydrogen) atoms. The van der Waals surface area contributed by atoms with E-state index in [9.17, 15) is 53.7 Å². The van der Waals surface area contributed by atoms with Crippen molar-refractivity contribution in [1.29, 1.82) is 0 Å². The van der Waals surface area contributed by atoms with Crippen LogP contribution in [0.5, 0.6) is 0 Å². The Morgan fingerprint density at radius 3 is 2.00 bits per heavy atom. The summed E-state index contributed by atoms with van der Waals surface area (Å²) < 4.78 is 0. The minimum Gasteiger partial charge on any atom is -0.394 e. The fraction of sp³-hybridized carbons (Fsp3) is 0.485. The van der Waals surface area contributed by atoms with Gasteiger partial charge in [-0.3, -0.25) is 38.4 Å². The van der Waals surface area contributed by atoms with Gasteiger partial charge in [0.2, 0.25) is 47.6 Å². The second-order valence-electron chi connectivity index (χ2n) is 12.3. The zero-order valence-corrected chi connectivity index (χ0v) is 29.6. The number of carbonyl (C=O) groups excluding carboxylic acids is 8. The number of rotatable bonds is 23. The maximum Gasteiger partial charge on any atom is 0.245 e. The van der Waals surface area contributed by atoms with Crippen LogP contribution in [-0.4, -0.2) is 135 Å². The number of H-pyrrole nitrogens is 1. The van der Waals surface area contributed by atoms with E-state index in [1.165, 1.54) is 32.7 Å². The van der Waals surface area contributed by atoms with Gasteiger partial charge in [-0.1, -0.05) is 30.3 Å². The quantitative estimate of drug-likeness (QED) is 0.0503. The molecule has 0 saturated carbocycles. The molecule has 0 saturated heterocycles. The number of aliphatic hydroxyl groups excluding tert-OH is 3. The number of nitrogens with zero attached hydrogens (tertiary/aromatic N) is 1. The number of amides is 7. The highest BCUT2D eigenvalue weighted by Crippen LogP contribution is 2.06. The highest BCUT2D eigenvalue weighted by Gasteiger charge is 2.32. The van der Waals surface area contributed by atoms with Crippen molar-refractivity contribution in [2.75, 3.05) is 13.2 Å². The van der Waals surface area contributed by atoms with Crippen LogP contribution in [0.15, 0.2) is 42.9 Å². The van der Waals surface area contributed by atoms with E-state index in [2.05, 4.69) is 41.9 Å². The number of aliphatic hydroxyl groups is 3. The lowest BCUT2D eigenvalue weighted by Gasteiger charge is -2.26. The molecule has 1 aromatic heterocycles. The number of aromatic amines is 1. The van der Waals surface area contributed by atoms with E-state index >= 15 is 0 Å². The van der Waals surface area contributed by atoms with Gasteiger partial charge in [-0.15, -0.1) is 0 Å². The maximum absolute atomic E-state index is 13.3. The SMILES string of the molecule is C[C@@H](O)[C@H](NC(=O)CNC(=O)[C@H](CCC(N)=O)NC(=O)[C@H](CO)NC(=O)[C@@H](N)Cc1c[nH]cn1)C(=O)N[C@@H](Cc1ccccc1)C(=O)N[C@H]([C]=O)[C@@H](C)O. The zero-order chi connectivity index (χ0) is 40.4. The van der Waals surface area contributed by atoms with E-state index < -0.39 is 103 Å². The van der Waals surface area contributed by atoms with Crippen LogP contribution in [0.4, 0.5) is 0 Å². The molecule has 295 valence electrons. The van der Waals surface area contributed by atoms with Gasteiger partial charge in [0.05, 0.1) is 43.4 Å². The molecule has 2 aromatic rings. The van der Waals surface area contributed by atoms with Gasteiger partial charge in [-0.05, 0) is 25.8 Å². The van der Waals surface area contributed by atoms with Gasteiger partial charge in [0.1, 0.15) is 30.2 Å². The Labute approximate surface area is 309 Å². The molecular formula is C33H47N10O11. The molecule has 0 aliphatic rings. The average Bonchev–Trinajstić information content (AvgIpc) is 3.64. The minimum absolute atomic E-state index is 0.00658. The minimum atomic E-state index is -1.66. The lowest BCUT2D eigenvalue weighted by Crippen LogP contribution is -2.60. The van der Waals surface area contributed by atoms with Gasteiger partial charge in [-0.2, -0.15) is 0 Å². The summed E-state index contributed by atoms with van der Waals surface area (Å²) in [6.07, 6.45) is 0.744. The van der Waals surface area contributed by atoms with Crippen molar-refractivity contribution in [3.8, 4) is 0 Å². The van der Waals surface area contributed by atoms with Gasteiger partial charge in [-0.25, -0.2) is 4.98 Å². The van der Waals surface area contributed by atoms with Crippen molar-refractivity contribution >= 4 is 47.6 Å². The Morgan fingerprint density at radius 1 is 0.815 bits per heavy atom. The molecule has 21 heteroatoms. The molecule has 0 bridgehead atoms. The highest BCUT2D eigenvalue weighted by molar-refractivity contribution is 5.96. The zero-order valence-electron chi connectivity index (χ0n) is 29.6. The Kier molecular flexibility index (Phi) is 18.4. The molecule has 1 heterocycles. The van der Waals surface area contributed by atoms with Crippen LogP contribution < -0.4 is 43.4 Å². The van der Waals surface area contributed by atoms with Crippen molar-refractivity contribution in [3.05, 3.63) is 54.1 Å². The first-order valence-electron chi connectivity index (χ1n) is 16.7. The lowest BCUT2D eigenvalue weighted by atomic mass is 10.0. The van der Waals surface area contributed by atoms with Gasteiger partial charge in [0.15, 0.2) is 0 Å². The van der Waals surface area contributed by atoms with Gasteiger partial charge < -0.3 is 63.7 Å². The van der Waals surface area contributed by atoms with E-state index in [-0.39, 0.29) is 25.7 Å². The lowest BCUT2D eigenvalue weighted by molar-refractivity contribution is -0.135. The first-order valence-corrected chi connectivity index (χ1v) is 16.7. The number of carbonyl (C=O) groups is 7. The number of benzene rings is 1. The van der Waals surface area contributed by atoms with Gasteiger partial charge >= 0.3 is 0 Å². The van der Waals surface area contributed by atoms with E-state index in [1.54, 1.807) is 30.3 Å². The molecule has 1 radical (unpaired) electrons. The van der Waals surface area contributed by atoms with Crippen molar-refractivity contribution in [2.45, 2.75) is 88.0 Å². The van der Waals surface area contributed by atoms with Crippen LogP contribution in [0, 0.1) is 0 Å². The molecule has 0 fully saturated rings. The third-order valence-corrected chi connectivity index (χ3v) is 7.78. The predicted molar refractivity (Wildman–Crippen MR) is 188 cm³/mol. The van der Waals surface area contributed by atoms with E-state index in [4.69, 9.17) is 11.5 Å². The second-order valence-corrected chi connectivity index (χ2v) is 12.3. The summed E-state index contributed by atoms with van der Waals surface area (Å²) in [4.78, 5) is 107. The van der Waals surface area contributed by atoms with Crippen LogP contribution in [0.3, 0.4) is 0 Å². The third-order valence-electron chi connectivity index (χ3n) is 7.78. The highest BCUT2D eigenvalue weighted by atomic mass is 16.3. The van der Waals surface area contributed by atoms with E-state index in [0.29, 0.717) is 11.3 Å². The number of nitrogens with one attached hydrogen (secondary N) is 7. The third kappa shape index (κ3) is 15.1. The van der Waals surface area contributed by atoms with Crippen LogP contribution in [0.1, 0.15) is 37.9 Å². The van der Waals surface area contributed by atoms with Crippen molar-refractivity contribution < 1.29 is 53.7 Å². The Balaban J connectivity index is 2.09. The van der Waals surface area contributed by atoms with Crippen LogP contribution in [-0.2, 0) is 51.2 Å². The largest absolute Gasteiger partial charge is 0.394 e. The number of aromatic nitrogens is 2. The summed E-state index contributed by atoms with van der Waals surface area (Å²) in [6.45, 7) is 0.725. The predicted octanol–water partition coefficient (Wildman–Crippen LogP) is -5.81. The van der Waals surface area contributed by atoms with Crippen LogP contribution in [0.25, 0.3) is 0 Å². The average molecular weight is 760 g/mol. The fourth-order valence-corrected chi connectivity index (χ4v) is 4.76. The summed E-state index contributed by atoms with van der Waals surface area (Å²) >= 11 is 0. The molecular weight excluding hydrogens is 712 g/mol. The fourth-order valence-electron chi connectivity index (χ4n) is 4.76. The molecule has 0 aliphatic heterocycles. The molecule has 0 spiro atoms. The number of primary amides is 1. The molecule has 1 aromatic carbocycles. The summed E-state index contributed by atoms with van der Waals surface area (Å²) in [5.74, 6) is -6.54. The topological polar surface area (TPSA) is 350 Å². The normalized spacial score (nSPS) is 15.4. The summed E-state index contributed by atoms with van der Waals surface area (Å²) in [6, 6.07) is -0.204. The Morgan fingerprint density at radius 2 is 1.44 bits per heavy atom. The number of hydrogen-bond donors (Lipinski definition) is 12. The van der Waals surface area contributed by atoms with Gasteiger partial charge in [0.25, 0.3) is 0 Å². The van der Waals surface area contributed by atoms with Crippen molar-refractivity contribution in [3.63, 3.8) is 0 Å². The standard InChI is InChI=1S/C33H47N10O11/c1-17(46)24(14-44)41-31(52)23(10-19-6-4-3-5-7-19)40-33(54)28(18(2)47)43-27(49)13-37-30(51)22(8-9-26(35)48)39-32(53)25(15-45)42-29(50)21(34)11-20-12-36-16-38-20/h3-7,12,16-18,21-25,28,45-47H,8-11,13,15,34H2,1-2H3,(H2,35,48)(H,36,38)(H,37,51)(H,39,53)(H,40,54)(H,41,52)(H,42,50)(H,43,49)/t17-,18-,21+,22+,23+,24-,25+,28+/m1/s1. The summed E-state index contributed by atoms with van der Waals surface area (Å²) in [5.41, 5.74) is 12.1. The van der Waals surface area contributed by atoms with Crippen molar-refractivity contribution in [1.82, 2.24) is 41.9 Å². The van der Waals surface area contributed by atoms with Crippen LogP contribution >= 0.6 is 0 Å². The van der Waals surface area contributed by atoms with Crippen molar-refractivity contribution in [2.24, 2.45) is 11.5 Å². The number of hydrogen-bond acceptors (Lipinski definition) is 13. The molecule has 7 amide bonds. The van der Waals surface area contributed by atoms with E-state index in [1.807, 2.05) is 0 Å². The smallest absolute Gasteiger partial charge is 0.245 e. The molecule has 14 N–H and O–H groups in total. The molecule has 21 nitrogen and oxygen atoms in total. The molecule has 8 atom stereocenters. The maximum atomic E-state index is 13.3. The first-order chi connectivity index (χ1) is 25.6. The second kappa shape index (κ2) is 22.3. The number of nitrogens with two attached hydrogens (primary N) is 2. The first kappa shape index (κ1) is 44.4. The van der Waals surface area contributed by atoms with E-state index in [0.717, 1.165) is 0 Å². The Bertz CT molecular complexity index is 1570. The summed E-state index contributed by atoms with van der Waals surface area (Å²) in [5, 5.41) is 43.6. The molecule has 0 aliphatic carbocycles. The number of imidazole rings is 1. The van der Waals surface area contributed by atoms with Crippen LogP contribution in [0.2, 0.25) is 0 Å². The monoisotopic (exact) mass is 759 g/mol. The Hall–Kier alpha value is -5.77. The van der Waals surface area contributed by atoms with Gasteiger partial charge in [0, 0.05) is 25.5 Å². The molecule has 2 rings (SSSR count).